The van der Waals surface area contributed by atoms with Gasteiger partial charge in [0.2, 0.25) is 0 Å². The van der Waals surface area contributed by atoms with Crippen LogP contribution in [0.2, 0.25) is 10.0 Å². The summed E-state index contributed by atoms with van der Waals surface area (Å²) in [6, 6.07) is 13.9. The van der Waals surface area contributed by atoms with E-state index in [1.165, 1.54) is 5.56 Å². The third-order valence-electron chi connectivity index (χ3n) is 8.99. The summed E-state index contributed by atoms with van der Waals surface area (Å²) < 4.78 is 7.88. The molecule has 1 aliphatic heterocycles. The Hall–Kier alpha value is -1.08. The van der Waals surface area contributed by atoms with Crippen molar-refractivity contribution < 1.29 is 14.7 Å². The van der Waals surface area contributed by atoms with Crippen molar-refractivity contribution in [1.29, 1.82) is 0 Å². The zero-order chi connectivity index (χ0) is 25.0. The number of aliphatic hydroxyl groups excluding tert-OH is 1. The van der Waals surface area contributed by atoms with Crippen molar-refractivity contribution in [3.8, 4) is 0 Å². The van der Waals surface area contributed by atoms with Gasteiger partial charge < -0.3 is 14.7 Å². The lowest BCUT2D eigenvalue weighted by molar-refractivity contribution is -0.173. The second kappa shape index (κ2) is 9.59. The Bertz CT molecular complexity index is 1140. The summed E-state index contributed by atoms with van der Waals surface area (Å²) in [6.07, 6.45) is 10.6. The molecule has 2 bridgehead atoms. The number of aliphatic hydroxyl groups is 1. The van der Waals surface area contributed by atoms with E-state index in [0.717, 1.165) is 67.2 Å². The molecule has 0 amide bonds. The molecule has 0 spiro atoms. The van der Waals surface area contributed by atoms with Crippen molar-refractivity contribution in [2.75, 3.05) is 6.61 Å². The Morgan fingerprint density at radius 1 is 1.03 bits per heavy atom. The minimum atomic E-state index is -0.714. The zero-order valence-corrected chi connectivity index (χ0v) is 23.3. The van der Waals surface area contributed by atoms with E-state index in [9.17, 15) is 5.11 Å². The summed E-state index contributed by atoms with van der Waals surface area (Å²) in [7, 11) is 0. The molecule has 4 nitrogen and oxygen atoms in total. The van der Waals surface area contributed by atoms with Gasteiger partial charge in [-0.05, 0) is 99.1 Å². The highest BCUT2D eigenvalue weighted by Crippen LogP contribution is 2.56. The summed E-state index contributed by atoms with van der Waals surface area (Å²) in [4.78, 5) is 5.96. The average Bonchev–Trinajstić information content (AvgIpc) is 3.64. The lowest BCUT2D eigenvalue weighted by atomic mass is 9.56. The van der Waals surface area contributed by atoms with E-state index in [2.05, 4.69) is 39.6 Å². The van der Waals surface area contributed by atoms with E-state index in [1.54, 1.807) is 0 Å². The number of ether oxygens (including phenoxy) is 1. The molecule has 2 aromatic carbocycles. The van der Waals surface area contributed by atoms with Gasteiger partial charge in [0, 0.05) is 26.0 Å². The van der Waals surface area contributed by atoms with Gasteiger partial charge in [0.25, 0.3) is 0 Å². The number of hydrogen-bond donors (Lipinski definition) is 2. The quantitative estimate of drug-likeness (QED) is 0.333. The first kappa shape index (κ1) is 25.2. The molecule has 7 heteroatoms. The second-order valence-electron chi connectivity index (χ2n) is 11.3. The fourth-order valence-electron chi connectivity index (χ4n) is 6.48. The number of fused-ring (bicyclic) bond motifs is 3. The molecule has 0 aromatic heterocycles. The number of hydroxylamine groups is 1. The first-order chi connectivity index (χ1) is 17.3. The molecule has 0 radical (unpaired) electrons. The summed E-state index contributed by atoms with van der Waals surface area (Å²) in [6.45, 7) is 0.403. The molecule has 1 heterocycles. The first-order valence-corrected chi connectivity index (χ1v) is 14.5. The predicted octanol–water partition coefficient (Wildman–Crippen LogP) is 7.49. The van der Waals surface area contributed by atoms with Gasteiger partial charge in [0.1, 0.15) is 11.3 Å². The van der Waals surface area contributed by atoms with Gasteiger partial charge >= 0.3 is 0 Å². The highest BCUT2D eigenvalue weighted by Gasteiger charge is 2.54. The predicted molar refractivity (Wildman–Crippen MR) is 146 cm³/mol. The summed E-state index contributed by atoms with van der Waals surface area (Å²) in [5, 5.41) is 12.5. The third kappa shape index (κ3) is 4.65. The minimum absolute atomic E-state index is 0.0229. The number of allylic oxidation sites excluding steroid dienone is 1. The maximum absolute atomic E-state index is 11.3. The van der Waals surface area contributed by atoms with Gasteiger partial charge in [-0.15, -0.1) is 5.48 Å². The number of benzene rings is 2. The zero-order valence-electron chi connectivity index (χ0n) is 20.2. The van der Waals surface area contributed by atoms with Gasteiger partial charge in [0.05, 0.1) is 18.3 Å². The number of halogens is 3. The summed E-state index contributed by atoms with van der Waals surface area (Å²) in [5.41, 5.74) is 4.32. The van der Waals surface area contributed by atoms with E-state index in [1.807, 2.05) is 30.3 Å². The molecule has 5 aliphatic rings. The highest BCUT2D eigenvalue weighted by molar-refractivity contribution is 9.10. The van der Waals surface area contributed by atoms with Crippen LogP contribution in [0.15, 0.2) is 58.8 Å². The van der Waals surface area contributed by atoms with E-state index in [4.69, 9.17) is 32.8 Å². The third-order valence-corrected chi connectivity index (χ3v) is 10.1. The van der Waals surface area contributed by atoms with Gasteiger partial charge in [-0.1, -0.05) is 57.3 Å². The molecule has 0 saturated heterocycles. The van der Waals surface area contributed by atoms with Gasteiger partial charge in [-0.25, -0.2) is 0 Å². The molecule has 4 fully saturated rings. The minimum Gasteiger partial charge on any atom is -0.412 e. The molecule has 36 heavy (non-hydrogen) atoms. The van der Waals surface area contributed by atoms with Gasteiger partial charge in [0.15, 0.2) is 0 Å². The standard InChI is InChI=1S/C29H32BrCl2NO3/c30-21-4-1-3-19(15-21)16-25(34)27-9-12-28(13-10-27,14-11-27)35-18-29(17-24(36-33-29)20-7-8-20)26-22(31)5-2-6-23(26)32/h1-6,15,17,20,25,33-34H,7-14,16,18H2. The van der Waals surface area contributed by atoms with Crippen LogP contribution >= 0.6 is 39.1 Å². The topological polar surface area (TPSA) is 50.7 Å². The lowest BCUT2D eigenvalue weighted by Gasteiger charge is -2.55. The Morgan fingerprint density at radius 2 is 1.69 bits per heavy atom. The normalized spacial score (nSPS) is 32.3. The summed E-state index contributed by atoms with van der Waals surface area (Å²) in [5.74, 6) is 1.43. The first-order valence-electron chi connectivity index (χ1n) is 13.0. The molecular weight excluding hydrogens is 561 g/mol. The lowest BCUT2D eigenvalue weighted by Crippen LogP contribution is -2.54. The SMILES string of the molecule is OC(Cc1cccc(Br)c1)C12CCC(OCC3(c4c(Cl)cccc4Cl)C=C(C4CC4)ON3)(CC1)CC2. The highest BCUT2D eigenvalue weighted by atomic mass is 79.9. The molecule has 2 atom stereocenters. The molecule has 192 valence electrons. The van der Waals surface area contributed by atoms with E-state index in [0.29, 0.717) is 29.0 Å². The summed E-state index contributed by atoms with van der Waals surface area (Å²) >= 11 is 16.9. The van der Waals surface area contributed by atoms with Crippen LogP contribution in [0.5, 0.6) is 0 Å². The van der Waals surface area contributed by atoms with E-state index in [-0.39, 0.29) is 17.1 Å². The van der Waals surface area contributed by atoms with Crippen molar-refractivity contribution >= 4 is 39.1 Å². The van der Waals surface area contributed by atoms with Crippen molar-refractivity contribution in [2.45, 2.75) is 75.0 Å². The largest absolute Gasteiger partial charge is 0.412 e. The molecule has 2 aromatic rings. The van der Waals surface area contributed by atoms with Crippen LogP contribution < -0.4 is 5.48 Å². The Morgan fingerprint density at radius 3 is 2.33 bits per heavy atom. The fraction of sp³-hybridized carbons (Fsp3) is 0.517. The number of rotatable bonds is 8. The second-order valence-corrected chi connectivity index (χ2v) is 13.0. The molecule has 2 unspecified atom stereocenters. The van der Waals surface area contributed by atoms with Crippen molar-refractivity contribution in [3.63, 3.8) is 0 Å². The average molecular weight is 593 g/mol. The van der Waals surface area contributed by atoms with Crippen LogP contribution in [0.1, 0.15) is 62.5 Å². The van der Waals surface area contributed by atoms with Crippen molar-refractivity contribution in [3.05, 3.63) is 79.9 Å². The Balaban J connectivity index is 1.17. The molecule has 2 N–H and O–H groups in total. The molecule has 4 saturated carbocycles. The van der Waals surface area contributed by atoms with Crippen LogP contribution in [0.25, 0.3) is 0 Å². The van der Waals surface area contributed by atoms with Crippen molar-refractivity contribution in [2.24, 2.45) is 11.3 Å². The van der Waals surface area contributed by atoms with E-state index >= 15 is 0 Å². The smallest absolute Gasteiger partial charge is 0.126 e. The number of hydrogen-bond acceptors (Lipinski definition) is 4. The molecule has 4 aliphatic carbocycles. The van der Waals surface area contributed by atoms with Crippen LogP contribution in [0, 0.1) is 11.3 Å². The van der Waals surface area contributed by atoms with E-state index < -0.39 is 5.54 Å². The van der Waals surface area contributed by atoms with Gasteiger partial charge in [-0.2, -0.15) is 0 Å². The van der Waals surface area contributed by atoms with Crippen LogP contribution in [-0.4, -0.2) is 23.4 Å². The Labute approximate surface area is 231 Å². The molecular formula is C29H32BrCl2NO3. The van der Waals surface area contributed by atoms with Crippen LogP contribution in [0.3, 0.4) is 0 Å². The van der Waals surface area contributed by atoms with Crippen LogP contribution in [-0.2, 0) is 21.5 Å². The molecule has 7 rings (SSSR count). The van der Waals surface area contributed by atoms with Gasteiger partial charge in [-0.3, -0.25) is 0 Å². The number of nitrogens with one attached hydrogen (secondary N) is 1. The van der Waals surface area contributed by atoms with Crippen LogP contribution in [0.4, 0.5) is 0 Å². The van der Waals surface area contributed by atoms with Crippen molar-refractivity contribution in [1.82, 2.24) is 5.48 Å². The Kier molecular flexibility index (Phi) is 6.71. The maximum atomic E-state index is 11.3. The fourth-order valence-corrected chi connectivity index (χ4v) is 7.66. The maximum Gasteiger partial charge on any atom is 0.126 e. The monoisotopic (exact) mass is 591 g/mol.